The molecule has 0 aliphatic carbocycles. The molecule has 6 heteroatoms. The number of rotatable bonds is 3. The van der Waals surface area contributed by atoms with Gasteiger partial charge in [0.25, 0.3) is 0 Å². The van der Waals surface area contributed by atoms with Crippen LogP contribution in [-0.4, -0.2) is 46.0 Å². The zero-order chi connectivity index (χ0) is 13.9. The summed E-state index contributed by atoms with van der Waals surface area (Å²) in [6.07, 6.45) is 3.57. The van der Waals surface area contributed by atoms with Crippen LogP contribution in [0.2, 0.25) is 0 Å². The quantitative estimate of drug-likeness (QED) is 0.842. The van der Waals surface area contributed by atoms with E-state index in [2.05, 4.69) is 24.8 Å². The Balaban J connectivity index is 1.56. The summed E-state index contributed by atoms with van der Waals surface area (Å²) in [4.78, 5) is 17.6. The van der Waals surface area contributed by atoms with Crippen LogP contribution in [0.15, 0.2) is 22.9 Å². The van der Waals surface area contributed by atoms with Gasteiger partial charge in [0, 0.05) is 38.6 Å². The summed E-state index contributed by atoms with van der Waals surface area (Å²) in [7, 11) is 0. The number of hydrogen-bond donors (Lipinski definition) is 0. The van der Waals surface area contributed by atoms with Crippen LogP contribution in [0.3, 0.4) is 0 Å². The highest BCUT2D eigenvalue weighted by Crippen LogP contribution is 2.14. The fourth-order valence-corrected chi connectivity index (χ4v) is 2.36. The SMILES string of the molecule is Cc1nc(CN2CCN(c3ncccn3)CC2)oc1C. The van der Waals surface area contributed by atoms with Crippen molar-refractivity contribution in [3.8, 4) is 0 Å². The lowest BCUT2D eigenvalue weighted by atomic mass is 10.3. The van der Waals surface area contributed by atoms with Gasteiger partial charge in [0.15, 0.2) is 0 Å². The second-order valence-corrected chi connectivity index (χ2v) is 5.06. The number of hydrogen-bond acceptors (Lipinski definition) is 6. The van der Waals surface area contributed by atoms with E-state index in [1.165, 1.54) is 0 Å². The second-order valence-electron chi connectivity index (χ2n) is 5.06. The Labute approximate surface area is 118 Å². The number of aromatic nitrogens is 3. The molecule has 0 radical (unpaired) electrons. The number of anilines is 1. The van der Waals surface area contributed by atoms with Gasteiger partial charge in [0.05, 0.1) is 12.2 Å². The first kappa shape index (κ1) is 13.1. The standard InChI is InChI=1S/C14H19N5O/c1-11-12(2)20-13(17-11)10-18-6-8-19(9-7-18)14-15-4-3-5-16-14/h3-5H,6-10H2,1-2H3. The van der Waals surface area contributed by atoms with E-state index >= 15 is 0 Å². The van der Waals surface area contributed by atoms with Crippen LogP contribution >= 0.6 is 0 Å². The van der Waals surface area contributed by atoms with E-state index in [-0.39, 0.29) is 0 Å². The zero-order valence-electron chi connectivity index (χ0n) is 11.9. The molecule has 3 rings (SSSR count). The lowest BCUT2D eigenvalue weighted by Crippen LogP contribution is -2.46. The zero-order valence-corrected chi connectivity index (χ0v) is 11.9. The van der Waals surface area contributed by atoms with Gasteiger partial charge in [-0.25, -0.2) is 15.0 Å². The van der Waals surface area contributed by atoms with Crippen LogP contribution in [0, 0.1) is 13.8 Å². The van der Waals surface area contributed by atoms with Gasteiger partial charge in [0.1, 0.15) is 5.76 Å². The van der Waals surface area contributed by atoms with Crippen molar-refractivity contribution in [2.45, 2.75) is 20.4 Å². The Bertz CT molecular complexity index is 541. The first-order chi connectivity index (χ1) is 9.72. The van der Waals surface area contributed by atoms with Gasteiger partial charge in [-0.15, -0.1) is 0 Å². The van der Waals surface area contributed by atoms with Crippen molar-refractivity contribution >= 4 is 5.95 Å². The summed E-state index contributed by atoms with van der Waals surface area (Å²) in [5.74, 6) is 2.54. The van der Waals surface area contributed by atoms with Crippen LogP contribution in [0.4, 0.5) is 5.95 Å². The molecule has 106 valence electrons. The van der Waals surface area contributed by atoms with Gasteiger partial charge in [-0.05, 0) is 19.9 Å². The van der Waals surface area contributed by atoms with Crippen molar-refractivity contribution in [3.05, 3.63) is 35.8 Å². The molecule has 0 atom stereocenters. The summed E-state index contributed by atoms with van der Waals surface area (Å²) < 4.78 is 5.64. The first-order valence-corrected chi connectivity index (χ1v) is 6.89. The van der Waals surface area contributed by atoms with E-state index in [1.807, 2.05) is 19.9 Å². The number of nitrogens with zero attached hydrogens (tertiary/aromatic N) is 5. The molecule has 0 bridgehead atoms. The Morgan fingerprint density at radius 2 is 1.80 bits per heavy atom. The minimum Gasteiger partial charge on any atom is -0.444 e. The molecule has 1 aliphatic rings. The monoisotopic (exact) mass is 273 g/mol. The van der Waals surface area contributed by atoms with Crippen molar-refractivity contribution in [2.75, 3.05) is 31.1 Å². The molecule has 6 nitrogen and oxygen atoms in total. The van der Waals surface area contributed by atoms with Crippen LogP contribution in [0.5, 0.6) is 0 Å². The minimum atomic E-state index is 0.776. The Kier molecular flexibility index (Phi) is 3.64. The van der Waals surface area contributed by atoms with E-state index in [0.717, 1.165) is 56.0 Å². The highest BCUT2D eigenvalue weighted by molar-refractivity contribution is 5.29. The molecule has 1 saturated heterocycles. The summed E-state index contributed by atoms with van der Waals surface area (Å²) >= 11 is 0. The van der Waals surface area contributed by atoms with Crippen molar-refractivity contribution in [2.24, 2.45) is 0 Å². The van der Waals surface area contributed by atoms with Crippen LogP contribution in [0.1, 0.15) is 17.3 Å². The normalized spacial score (nSPS) is 16.6. The van der Waals surface area contributed by atoms with Crippen molar-refractivity contribution < 1.29 is 4.42 Å². The number of oxazole rings is 1. The summed E-state index contributed by atoms with van der Waals surface area (Å²) in [6, 6.07) is 1.84. The third-order valence-corrected chi connectivity index (χ3v) is 3.64. The molecule has 20 heavy (non-hydrogen) atoms. The Hall–Kier alpha value is -1.95. The van der Waals surface area contributed by atoms with Gasteiger partial charge >= 0.3 is 0 Å². The molecule has 0 amide bonds. The second kappa shape index (κ2) is 5.58. The molecular formula is C14H19N5O. The molecule has 2 aromatic heterocycles. The van der Waals surface area contributed by atoms with Crippen LogP contribution in [-0.2, 0) is 6.54 Å². The maximum atomic E-state index is 5.64. The topological polar surface area (TPSA) is 58.3 Å². The predicted molar refractivity (Wildman–Crippen MR) is 75.5 cm³/mol. The fraction of sp³-hybridized carbons (Fsp3) is 0.500. The Morgan fingerprint density at radius 3 is 2.40 bits per heavy atom. The maximum Gasteiger partial charge on any atom is 0.225 e. The molecule has 2 aromatic rings. The molecule has 0 saturated carbocycles. The third-order valence-electron chi connectivity index (χ3n) is 3.64. The molecule has 3 heterocycles. The van der Waals surface area contributed by atoms with E-state index in [4.69, 9.17) is 4.42 Å². The number of aryl methyl sites for hydroxylation is 2. The predicted octanol–water partition coefficient (Wildman–Crippen LogP) is 1.40. The fourth-order valence-electron chi connectivity index (χ4n) is 2.36. The van der Waals surface area contributed by atoms with Gasteiger partial charge in [-0.2, -0.15) is 0 Å². The van der Waals surface area contributed by atoms with Gasteiger partial charge in [-0.1, -0.05) is 0 Å². The van der Waals surface area contributed by atoms with E-state index in [1.54, 1.807) is 12.4 Å². The number of piperazine rings is 1. The highest BCUT2D eigenvalue weighted by atomic mass is 16.4. The smallest absolute Gasteiger partial charge is 0.225 e. The third kappa shape index (κ3) is 2.80. The lowest BCUT2D eigenvalue weighted by molar-refractivity contribution is 0.224. The van der Waals surface area contributed by atoms with Gasteiger partial charge < -0.3 is 9.32 Å². The van der Waals surface area contributed by atoms with Crippen molar-refractivity contribution in [1.82, 2.24) is 19.9 Å². The molecular weight excluding hydrogens is 254 g/mol. The lowest BCUT2D eigenvalue weighted by Gasteiger charge is -2.33. The largest absolute Gasteiger partial charge is 0.444 e. The minimum absolute atomic E-state index is 0.776. The van der Waals surface area contributed by atoms with Crippen molar-refractivity contribution in [1.29, 1.82) is 0 Å². The highest BCUT2D eigenvalue weighted by Gasteiger charge is 2.20. The summed E-state index contributed by atoms with van der Waals surface area (Å²) in [5.41, 5.74) is 0.983. The van der Waals surface area contributed by atoms with Crippen molar-refractivity contribution in [3.63, 3.8) is 0 Å². The average Bonchev–Trinajstić information content (AvgIpc) is 2.79. The van der Waals surface area contributed by atoms with E-state index in [0.29, 0.717) is 0 Å². The van der Waals surface area contributed by atoms with Crippen LogP contribution < -0.4 is 4.90 Å². The van der Waals surface area contributed by atoms with E-state index in [9.17, 15) is 0 Å². The van der Waals surface area contributed by atoms with Gasteiger partial charge in [0.2, 0.25) is 11.8 Å². The summed E-state index contributed by atoms with van der Waals surface area (Å²) in [6.45, 7) is 8.52. The van der Waals surface area contributed by atoms with E-state index < -0.39 is 0 Å². The summed E-state index contributed by atoms with van der Waals surface area (Å²) in [5, 5.41) is 0. The molecule has 1 fully saturated rings. The van der Waals surface area contributed by atoms with Crippen LogP contribution in [0.25, 0.3) is 0 Å². The molecule has 0 unspecified atom stereocenters. The average molecular weight is 273 g/mol. The molecule has 1 aliphatic heterocycles. The maximum absolute atomic E-state index is 5.64. The molecule has 0 spiro atoms. The first-order valence-electron chi connectivity index (χ1n) is 6.89. The molecule has 0 aromatic carbocycles. The molecule has 0 N–H and O–H groups in total. The van der Waals surface area contributed by atoms with Gasteiger partial charge in [-0.3, -0.25) is 4.90 Å². The Morgan fingerprint density at radius 1 is 1.10 bits per heavy atom.